The van der Waals surface area contributed by atoms with Crippen molar-refractivity contribution in [2.45, 2.75) is 84.8 Å². The molecule has 4 aromatic heterocycles. The Hall–Kier alpha value is -3.57. The van der Waals surface area contributed by atoms with E-state index < -0.39 is 23.7 Å². The van der Waals surface area contributed by atoms with Crippen LogP contribution >= 0.6 is 23.4 Å². The monoisotopic (exact) mass is 706 g/mol. The molecule has 5 N–H and O–H groups in total. The van der Waals surface area contributed by atoms with E-state index in [4.69, 9.17) is 15.4 Å². The van der Waals surface area contributed by atoms with Crippen LogP contribution in [0.15, 0.2) is 36.1 Å². The lowest BCUT2D eigenvalue weighted by Gasteiger charge is -2.25. The molecule has 0 saturated heterocycles. The highest BCUT2D eigenvalue weighted by Gasteiger charge is 2.27. The lowest BCUT2D eigenvalue weighted by atomic mass is 9.84. The molecule has 0 bridgehead atoms. The van der Waals surface area contributed by atoms with E-state index in [1.54, 1.807) is 46.5 Å². The number of aliphatic hydroxyl groups excluding tert-OH is 1. The number of rotatable bonds is 9. The van der Waals surface area contributed by atoms with Gasteiger partial charge in [-0.25, -0.2) is 14.4 Å². The Morgan fingerprint density at radius 1 is 1.15 bits per heavy atom. The average molecular weight is 707 g/mol. The van der Waals surface area contributed by atoms with Gasteiger partial charge in [-0.2, -0.15) is 14.6 Å². The number of thiazole rings is 1. The molecule has 1 aliphatic rings. The number of nitrogens with one attached hydrogen (secondary N) is 1. The predicted molar refractivity (Wildman–Crippen MR) is 185 cm³/mol. The highest BCUT2D eigenvalue weighted by Crippen LogP contribution is 2.34. The topological polar surface area (TPSA) is 174 Å². The minimum atomic E-state index is -0.845. The fourth-order valence-corrected chi connectivity index (χ4v) is 5.71. The summed E-state index contributed by atoms with van der Waals surface area (Å²) in [6, 6.07) is 1.47. The molecule has 0 aromatic carbocycles. The number of Topliss-reactive ketones (excluding diaryl/α,β-unsaturated/α-hetero) is 1. The third-order valence-corrected chi connectivity index (χ3v) is 8.34. The molecule has 48 heavy (non-hydrogen) atoms. The number of hydrogen-bond acceptors (Lipinski definition) is 11. The molecule has 262 valence electrons. The van der Waals surface area contributed by atoms with Crippen LogP contribution in [-0.4, -0.2) is 69.8 Å². The number of amides is 1. The SMILES string of the molecule is CC(C)(C)C(N)C(=O)CCn1cc(-c2nc(C(=O)Nc3cn(C4CCCCC4)nc3-c3nc(F)ccc3F)cs2)cn1.CCO.CSO. The predicted octanol–water partition coefficient (Wildman–Crippen LogP) is 6.45. The molecule has 1 saturated carbocycles. The van der Waals surface area contributed by atoms with E-state index >= 15 is 0 Å². The molecule has 16 heteroatoms. The summed E-state index contributed by atoms with van der Waals surface area (Å²) >= 11 is 2.02. The number of nitrogens with zero attached hydrogens (tertiary/aromatic N) is 6. The Bertz CT molecular complexity index is 1630. The molecule has 5 rings (SSSR count). The van der Waals surface area contributed by atoms with Crippen LogP contribution in [0.25, 0.3) is 22.0 Å². The van der Waals surface area contributed by atoms with Gasteiger partial charge >= 0.3 is 0 Å². The number of nitrogens with two attached hydrogens (primary N) is 1. The van der Waals surface area contributed by atoms with Crippen LogP contribution in [0.3, 0.4) is 0 Å². The maximum Gasteiger partial charge on any atom is 0.275 e. The maximum absolute atomic E-state index is 14.7. The number of pyridine rings is 1. The average Bonchev–Trinajstić information content (AvgIpc) is 3.82. The molecule has 0 radical (unpaired) electrons. The van der Waals surface area contributed by atoms with Gasteiger partial charge < -0.3 is 20.7 Å². The highest BCUT2D eigenvalue weighted by molar-refractivity contribution is 7.93. The van der Waals surface area contributed by atoms with Crippen molar-refractivity contribution in [2.75, 3.05) is 18.2 Å². The molecule has 4 heterocycles. The van der Waals surface area contributed by atoms with Crippen molar-refractivity contribution in [1.82, 2.24) is 29.5 Å². The molecule has 4 aromatic rings. The zero-order chi connectivity index (χ0) is 35.4. The first-order chi connectivity index (χ1) is 22.8. The smallest absolute Gasteiger partial charge is 0.275 e. The third kappa shape index (κ3) is 10.7. The zero-order valence-corrected chi connectivity index (χ0v) is 29.5. The first kappa shape index (κ1) is 38.9. The van der Waals surface area contributed by atoms with E-state index in [2.05, 4.69) is 25.5 Å². The number of aromatic nitrogens is 6. The van der Waals surface area contributed by atoms with E-state index in [1.165, 1.54) is 11.3 Å². The van der Waals surface area contributed by atoms with Gasteiger partial charge in [0.2, 0.25) is 5.95 Å². The van der Waals surface area contributed by atoms with Gasteiger partial charge in [0.25, 0.3) is 5.91 Å². The van der Waals surface area contributed by atoms with Gasteiger partial charge in [0.15, 0.2) is 11.6 Å². The van der Waals surface area contributed by atoms with Gasteiger partial charge in [0.1, 0.15) is 22.1 Å². The largest absolute Gasteiger partial charge is 0.397 e. The molecule has 0 aliphatic heterocycles. The first-order valence-corrected chi connectivity index (χ1v) is 17.7. The minimum Gasteiger partial charge on any atom is -0.397 e. The zero-order valence-electron chi connectivity index (χ0n) is 27.8. The Morgan fingerprint density at radius 2 is 1.81 bits per heavy atom. The van der Waals surface area contributed by atoms with E-state index in [1.807, 2.05) is 20.8 Å². The number of carbonyl (C=O) groups is 2. The number of halogens is 2. The van der Waals surface area contributed by atoms with Crippen LogP contribution in [0.2, 0.25) is 0 Å². The molecule has 0 spiro atoms. The maximum atomic E-state index is 14.7. The summed E-state index contributed by atoms with van der Waals surface area (Å²) in [5.74, 6) is -2.14. The van der Waals surface area contributed by atoms with E-state index in [0.717, 1.165) is 56.3 Å². The van der Waals surface area contributed by atoms with Gasteiger partial charge in [-0.15, -0.1) is 11.3 Å². The van der Waals surface area contributed by atoms with Crippen LogP contribution in [0.1, 0.15) is 82.8 Å². The summed E-state index contributed by atoms with van der Waals surface area (Å²) in [7, 11) is 0. The normalized spacial score (nSPS) is 14.0. The van der Waals surface area contributed by atoms with Crippen LogP contribution in [0.5, 0.6) is 0 Å². The van der Waals surface area contributed by atoms with Crippen molar-refractivity contribution in [3.8, 4) is 22.0 Å². The van der Waals surface area contributed by atoms with Crippen molar-refractivity contribution in [3.63, 3.8) is 0 Å². The number of carbonyl (C=O) groups excluding carboxylic acids is 2. The standard InChI is InChI=1S/C29H34F2N8O2S.C2H6O.CH4OS/c1-29(2,3)26(32)22(40)11-12-38-14-17(13-33-38)28-35-21(16-42-28)27(41)34-20-15-39(18-7-5-4-6-8-18)37-25(20)24-19(30)9-10-23(31)36-24;1-2-3;1-3-2/h9-10,13-16,18,26H,4-8,11-12,32H2,1-3H3,(H,34,41);3H,2H2,1H3;2H,1H3. The van der Waals surface area contributed by atoms with Gasteiger partial charge in [0.05, 0.1) is 24.0 Å². The number of aryl methyl sites for hydroxylation is 1. The van der Waals surface area contributed by atoms with E-state index in [-0.39, 0.29) is 53.0 Å². The van der Waals surface area contributed by atoms with Crippen molar-refractivity contribution < 1.29 is 28.0 Å². The fourth-order valence-electron chi connectivity index (χ4n) is 4.93. The molecule has 1 unspecified atom stereocenters. The number of aliphatic hydroxyl groups is 1. The van der Waals surface area contributed by atoms with E-state index in [9.17, 15) is 18.4 Å². The van der Waals surface area contributed by atoms with Gasteiger partial charge in [0, 0.05) is 49.2 Å². The first-order valence-electron chi connectivity index (χ1n) is 15.6. The number of ketones is 1. The second-order valence-electron chi connectivity index (χ2n) is 12.2. The van der Waals surface area contributed by atoms with E-state index in [0.29, 0.717) is 17.1 Å². The third-order valence-electron chi connectivity index (χ3n) is 7.45. The van der Waals surface area contributed by atoms with Crippen molar-refractivity contribution in [2.24, 2.45) is 11.1 Å². The second kappa shape index (κ2) is 18.3. The minimum absolute atomic E-state index is 0.0349. The van der Waals surface area contributed by atoms with Gasteiger partial charge in [-0.1, -0.05) is 40.0 Å². The summed E-state index contributed by atoms with van der Waals surface area (Å²) < 4.78 is 39.5. The quantitative estimate of drug-likeness (QED) is 0.112. The molecular formula is C32H44F2N8O4S2. The van der Waals surface area contributed by atoms with Crippen LogP contribution in [0.4, 0.5) is 14.5 Å². The Kier molecular flexibility index (Phi) is 14.8. The molecule has 12 nitrogen and oxygen atoms in total. The van der Waals surface area contributed by atoms with Gasteiger partial charge in [-0.3, -0.25) is 19.0 Å². The van der Waals surface area contributed by atoms with Crippen molar-refractivity contribution >= 4 is 40.8 Å². The Balaban J connectivity index is 0.000000969. The molecule has 1 amide bonds. The highest BCUT2D eigenvalue weighted by atomic mass is 32.2. The second-order valence-corrected chi connectivity index (χ2v) is 13.4. The van der Waals surface area contributed by atoms with Crippen LogP contribution < -0.4 is 11.1 Å². The summed E-state index contributed by atoms with van der Waals surface area (Å²) in [6.07, 6.45) is 12.0. The van der Waals surface area contributed by atoms with Crippen LogP contribution in [0, 0.1) is 17.2 Å². The Morgan fingerprint density at radius 3 is 2.46 bits per heavy atom. The molecular weight excluding hydrogens is 663 g/mol. The lowest BCUT2D eigenvalue weighted by molar-refractivity contribution is -0.122. The van der Waals surface area contributed by atoms with Gasteiger partial charge in [-0.05, 0) is 49.4 Å². The van der Waals surface area contributed by atoms with Crippen LogP contribution in [-0.2, 0) is 11.3 Å². The summed E-state index contributed by atoms with van der Waals surface area (Å²) in [5.41, 5.74) is 6.61. The molecule has 1 fully saturated rings. The summed E-state index contributed by atoms with van der Waals surface area (Å²) in [5, 5.41) is 21.4. The fraction of sp³-hybridized carbons (Fsp3) is 0.500. The van der Waals surface area contributed by atoms with Crippen molar-refractivity contribution in [1.29, 1.82) is 0 Å². The molecule has 1 atom stereocenters. The molecule has 1 aliphatic carbocycles. The summed E-state index contributed by atoms with van der Waals surface area (Å²) in [4.78, 5) is 33.9. The number of anilines is 1. The Labute approximate surface area is 287 Å². The van der Waals surface area contributed by atoms with Crippen molar-refractivity contribution in [3.05, 3.63) is 53.6 Å². The summed E-state index contributed by atoms with van der Waals surface area (Å²) in [6.45, 7) is 8.09. The number of hydrogen-bond donors (Lipinski definition) is 4. The lowest BCUT2D eigenvalue weighted by Crippen LogP contribution is -2.42.